The molecule has 20 heavy (non-hydrogen) atoms. The van der Waals surface area contributed by atoms with Gasteiger partial charge in [0.1, 0.15) is 5.58 Å². The Balaban J connectivity index is 1.80. The molecule has 0 radical (unpaired) electrons. The highest BCUT2D eigenvalue weighted by Gasteiger charge is 2.09. The summed E-state index contributed by atoms with van der Waals surface area (Å²) in [5.74, 6) is -0.910. The van der Waals surface area contributed by atoms with Gasteiger partial charge in [-0.2, -0.15) is 0 Å². The molecule has 0 saturated carbocycles. The first-order valence-electron chi connectivity index (χ1n) is 6.36. The maximum absolute atomic E-state index is 11.1. The highest BCUT2D eigenvalue weighted by molar-refractivity contribution is 5.89. The fourth-order valence-electron chi connectivity index (χ4n) is 2.29. The van der Waals surface area contributed by atoms with Crippen molar-refractivity contribution in [1.82, 2.24) is 4.98 Å². The lowest BCUT2D eigenvalue weighted by Gasteiger charge is -2.05. The Labute approximate surface area is 115 Å². The van der Waals surface area contributed by atoms with Crippen LogP contribution in [-0.2, 0) is 12.8 Å². The predicted molar refractivity (Wildman–Crippen MR) is 74.8 cm³/mol. The number of furan rings is 1. The van der Waals surface area contributed by atoms with Gasteiger partial charge in [-0.25, -0.2) is 4.79 Å². The highest BCUT2D eigenvalue weighted by atomic mass is 16.4. The average molecular weight is 267 g/mol. The van der Waals surface area contributed by atoms with Crippen molar-refractivity contribution in [2.75, 3.05) is 0 Å². The minimum atomic E-state index is -0.910. The summed E-state index contributed by atoms with van der Waals surface area (Å²) >= 11 is 0. The maximum atomic E-state index is 11.1. The molecular weight excluding hydrogens is 254 g/mol. The van der Waals surface area contributed by atoms with Crippen LogP contribution in [0.25, 0.3) is 11.0 Å². The number of fused-ring (bicyclic) bond motifs is 1. The molecule has 100 valence electrons. The predicted octanol–water partition coefficient (Wildman–Crippen LogP) is 3.31. The Morgan fingerprint density at radius 3 is 2.95 bits per heavy atom. The second kappa shape index (κ2) is 5.17. The van der Waals surface area contributed by atoms with E-state index in [1.54, 1.807) is 12.5 Å². The topological polar surface area (TPSA) is 63.3 Å². The lowest BCUT2D eigenvalue weighted by atomic mass is 10.0. The summed E-state index contributed by atoms with van der Waals surface area (Å²) in [4.78, 5) is 15.1. The van der Waals surface area contributed by atoms with Crippen LogP contribution in [-0.4, -0.2) is 16.1 Å². The fraction of sp³-hybridized carbons (Fsp3) is 0.125. The molecule has 1 N–H and O–H groups in total. The van der Waals surface area contributed by atoms with Crippen LogP contribution in [0.2, 0.25) is 0 Å². The number of hydrogen-bond donors (Lipinski definition) is 1. The van der Waals surface area contributed by atoms with Crippen LogP contribution in [0.1, 0.15) is 21.5 Å². The van der Waals surface area contributed by atoms with E-state index in [0.29, 0.717) is 12.0 Å². The van der Waals surface area contributed by atoms with Crippen LogP contribution >= 0.6 is 0 Å². The molecule has 0 fully saturated rings. The van der Waals surface area contributed by atoms with E-state index in [2.05, 4.69) is 11.1 Å². The fourth-order valence-corrected chi connectivity index (χ4v) is 2.29. The standard InChI is InChI=1S/C16H13NO3/c18-16(19)14-5-7-17-10-13(14)3-1-11-2-4-15-12(9-11)6-8-20-15/h2,4-10H,1,3H2,(H,18,19). The van der Waals surface area contributed by atoms with E-state index >= 15 is 0 Å². The monoisotopic (exact) mass is 267 g/mol. The van der Waals surface area contributed by atoms with E-state index in [1.807, 2.05) is 18.2 Å². The van der Waals surface area contributed by atoms with Crippen LogP contribution in [0, 0.1) is 0 Å². The summed E-state index contributed by atoms with van der Waals surface area (Å²) in [5, 5.41) is 10.2. The molecular formula is C16H13NO3. The van der Waals surface area contributed by atoms with E-state index in [-0.39, 0.29) is 0 Å². The third-order valence-electron chi connectivity index (χ3n) is 3.33. The van der Waals surface area contributed by atoms with E-state index < -0.39 is 5.97 Å². The molecule has 0 bridgehead atoms. The van der Waals surface area contributed by atoms with Gasteiger partial charge in [-0.05, 0) is 48.2 Å². The van der Waals surface area contributed by atoms with Crippen molar-refractivity contribution >= 4 is 16.9 Å². The molecule has 3 rings (SSSR count). The maximum Gasteiger partial charge on any atom is 0.336 e. The molecule has 0 aliphatic carbocycles. The van der Waals surface area contributed by atoms with E-state index in [0.717, 1.165) is 28.5 Å². The Morgan fingerprint density at radius 2 is 2.10 bits per heavy atom. The second-order valence-electron chi connectivity index (χ2n) is 4.63. The smallest absolute Gasteiger partial charge is 0.336 e. The first kappa shape index (κ1) is 12.4. The summed E-state index contributed by atoms with van der Waals surface area (Å²) in [6.45, 7) is 0. The number of carboxylic acids is 1. The molecule has 0 saturated heterocycles. The summed E-state index contributed by atoms with van der Waals surface area (Å²) < 4.78 is 5.30. The molecule has 0 atom stereocenters. The van der Waals surface area contributed by atoms with Gasteiger partial charge in [-0.1, -0.05) is 6.07 Å². The van der Waals surface area contributed by atoms with Crippen molar-refractivity contribution in [3.05, 3.63) is 65.7 Å². The number of hydrogen-bond acceptors (Lipinski definition) is 3. The van der Waals surface area contributed by atoms with Crippen LogP contribution < -0.4 is 0 Å². The van der Waals surface area contributed by atoms with Gasteiger partial charge in [0, 0.05) is 17.8 Å². The number of benzene rings is 1. The van der Waals surface area contributed by atoms with E-state index in [1.165, 1.54) is 12.3 Å². The van der Waals surface area contributed by atoms with Gasteiger partial charge in [0.2, 0.25) is 0 Å². The number of aromatic carboxylic acids is 1. The van der Waals surface area contributed by atoms with Crippen LogP contribution in [0.4, 0.5) is 0 Å². The summed E-state index contributed by atoms with van der Waals surface area (Å²) in [6.07, 6.45) is 6.22. The first-order chi connectivity index (χ1) is 9.74. The zero-order valence-electron chi connectivity index (χ0n) is 10.7. The highest BCUT2D eigenvalue weighted by Crippen LogP contribution is 2.18. The number of carboxylic acid groups (broad SMARTS) is 1. The third-order valence-corrected chi connectivity index (χ3v) is 3.33. The Hall–Kier alpha value is -2.62. The van der Waals surface area contributed by atoms with E-state index in [9.17, 15) is 4.79 Å². The minimum absolute atomic E-state index is 0.324. The zero-order chi connectivity index (χ0) is 13.9. The van der Waals surface area contributed by atoms with Gasteiger partial charge in [0.15, 0.2) is 0 Å². The van der Waals surface area contributed by atoms with Gasteiger partial charge >= 0.3 is 5.97 Å². The van der Waals surface area contributed by atoms with Crippen LogP contribution in [0.5, 0.6) is 0 Å². The van der Waals surface area contributed by atoms with Crippen molar-refractivity contribution in [1.29, 1.82) is 0 Å². The molecule has 0 spiro atoms. The molecule has 0 aliphatic heterocycles. The molecule has 0 aliphatic rings. The van der Waals surface area contributed by atoms with Gasteiger partial charge in [0.05, 0.1) is 11.8 Å². The van der Waals surface area contributed by atoms with Crippen molar-refractivity contribution < 1.29 is 14.3 Å². The number of rotatable bonds is 4. The molecule has 2 aromatic heterocycles. The van der Waals surface area contributed by atoms with Crippen molar-refractivity contribution in [3.63, 3.8) is 0 Å². The second-order valence-corrected chi connectivity index (χ2v) is 4.63. The molecule has 4 heteroatoms. The largest absolute Gasteiger partial charge is 0.478 e. The lowest BCUT2D eigenvalue weighted by molar-refractivity contribution is 0.0695. The van der Waals surface area contributed by atoms with Crippen molar-refractivity contribution in [2.24, 2.45) is 0 Å². The molecule has 1 aromatic carbocycles. The quantitative estimate of drug-likeness (QED) is 0.787. The first-order valence-corrected chi connectivity index (χ1v) is 6.36. The number of pyridine rings is 1. The van der Waals surface area contributed by atoms with Gasteiger partial charge in [0.25, 0.3) is 0 Å². The van der Waals surface area contributed by atoms with Crippen LogP contribution in [0.15, 0.2) is 53.4 Å². The molecule has 4 nitrogen and oxygen atoms in total. The number of aryl methyl sites for hydroxylation is 2. The normalized spacial score (nSPS) is 10.8. The van der Waals surface area contributed by atoms with Crippen molar-refractivity contribution in [3.8, 4) is 0 Å². The van der Waals surface area contributed by atoms with Gasteiger partial charge in [-0.15, -0.1) is 0 Å². The number of nitrogens with zero attached hydrogens (tertiary/aromatic N) is 1. The average Bonchev–Trinajstić information content (AvgIpc) is 2.92. The minimum Gasteiger partial charge on any atom is -0.478 e. The Bertz CT molecular complexity index is 761. The molecule has 3 aromatic rings. The molecule has 2 heterocycles. The lowest BCUT2D eigenvalue weighted by Crippen LogP contribution is -2.04. The zero-order valence-corrected chi connectivity index (χ0v) is 10.7. The van der Waals surface area contributed by atoms with Crippen LogP contribution in [0.3, 0.4) is 0 Å². The van der Waals surface area contributed by atoms with Crippen molar-refractivity contribution in [2.45, 2.75) is 12.8 Å². The third kappa shape index (κ3) is 2.40. The summed E-state index contributed by atoms with van der Waals surface area (Å²) in [6, 6.07) is 9.47. The van der Waals surface area contributed by atoms with E-state index in [4.69, 9.17) is 9.52 Å². The molecule has 0 unspecified atom stereocenters. The van der Waals surface area contributed by atoms with Gasteiger partial charge in [-0.3, -0.25) is 4.98 Å². The SMILES string of the molecule is O=C(O)c1ccncc1CCc1ccc2occc2c1. The Kier molecular flexibility index (Phi) is 3.21. The summed E-state index contributed by atoms with van der Waals surface area (Å²) in [5.41, 5.74) is 3.09. The molecule has 0 amide bonds. The van der Waals surface area contributed by atoms with Gasteiger partial charge < -0.3 is 9.52 Å². The Morgan fingerprint density at radius 1 is 1.20 bits per heavy atom. The summed E-state index contributed by atoms with van der Waals surface area (Å²) in [7, 11) is 0. The number of aromatic nitrogens is 1. The number of carbonyl (C=O) groups is 1.